The van der Waals surface area contributed by atoms with E-state index in [1.54, 1.807) is 25.2 Å². The number of nitrogens with two attached hydrogens (primary N) is 1. The van der Waals surface area contributed by atoms with E-state index in [1.165, 1.54) is 10.4 Å². The third-order valence-corrected chi connectivity index (χ3v) is 6.01. The summed E-state index contributed by atoms with van der Waals surface area (Å²) in [7, 11) is 0. The number of thiophene rings is 1. The molecule has 3 N–H and O–H groups in total. The Kier molecular flexibility index (Phi) is 5.62. The van der Waals surface area contributed by atoms with Crippen LogP contribution in [0.4, 0.5) is 0 Å². The molecule has 0 fully saturated rings. The summed E-state index contributed by atoms with van der Waals surface area (Å²) in [5.74, 6) is -0.783. The van der Waals surface area contributed by atoms with Gasteiger partial charge in [0.1, 0.15) is 5.54 Å². The number of aryl methyl sites for hydroxylation is 1. The van der Waals surface area contributed by atoms with Crippen molar-refractivity contribution in [2.24, 2.45) is 5.73 Å². The second kappa shape index (κ2) is 7.78. The van der Waals surface area contributed by atoms with E-state index in [4.69, 9.17) is 5.73 Å². The molecule has 0 aromatic carbocycles. The number of rotatable bonds is 6. The summed E-state index contributed by atoms with van der Waals surface area (Å²) in [5, 5.41) is 4.62. The van der Waals surface area contributed by atoms with Crippen molar-refractivity contribution in [1.82, 2.24) is 15.2 Å². The van der Waals surface area contributed by atoms with Crippen molar-refractivity contribution in [3.63, 3.8) is 0 Å². The molecule has 27 heavy (non-hydrogen) atoms. The first kappa shape index (κ1) is 19.5. The first-order valence-corrected chi connectivity index (χ1v) is 10.1. The number of carbonyl (C=O) groups is 2. The summed E-state index contributed by atoms with van der Waals surface area (Å²) >= 11 is 1.60. The van der Waals surface area contributed by atoms with E-state index in [9.17, 15) is 9.59 Å². The maximum Gasteiger partial charge on any atom is 0.253 e. The van der Waals surface area contributed by atoms with Crippen molar-refractivity contribution in [2.45, 2.75) is 52.2 Å². The van der Waals surface area contributed by atoms with Crippen LogP contribution in [0.1, 0.15) is 52.8 Å². The summed E-state index contributed by atoms with van der Waals surface area (Å²) in [6.07, 6.45) is 3.75. The number of nitrogens with zero attached hydrogens (tertiary/aromatic N) is 2. The molecule has 6 nitrogen and oxygen atoms in total. The lowest BCUT2D eigenvalue weighted by Gasteiger charge is -2.27. The lowest BCUT2D eigenvalue weighted by atomic mass is 10.0. The Morgan fingerprint density at radius 2 is 2.15 bits per heavy atom. The summed E-state index contributed by atoms with van der Waals surface area (Å²) in [6.45, 7) is 7.84. The average Bonchev–Trinajstić information content (AvgIpc) is 3.05. The summed E-state index contributed by atoms with van der Waals surface area (Å²) < 4.78 is 0. The number of aromatic nitrogens is 1. The van der Waals surface area contributed by atoms with Crippen LogP contribution in [0.15, 0.2) is 23.7 Å². The van der Waals surface area contributed by atoms with Crippen LogP contribution in [0.3, 0.4) is 0 Å². The Balaban J connectivity index is 1.67. The van der Waals surface area contributed by atoms with Crippen molar-refractivity contribution >= 4 is 23.2 Å². The van der Waals surface area contributed by atoms with Crippen molar-refractivity contribution in [2.75, 3.05) is 6.54 Å². The molecular weight excluding hydrogens is 360 g/mol. The Morgan fingerprint density at radius 3 is 2.78 bits per heavy atom. The molecule has 1 aliphatic heterocycles. The molecule has 1 aliphatic rings. The number of carbonyl (C=O) groups excluding carboxylic acids is 2. The molecule has 0 bridgehead atoms. The second-order valence-corrected chi connectivity index (χ2v) is 8.43. The van der Waals surface area contributed by atoms with Crippen LogP contribution in [0, 0.1) is 0 Å². The first-order valence-electron chi connectivity index (χ1n) is 9.18. The van der Waals surface area contributed by atoms with E-state index in [0.29, 0.717) is 5.56 Å². The molecule has 2 aromatic rings. The van der Waals surface area contributed by atoms with Crippen molar-refractivity contribution < 1.29 is 9.59 Å². The highest BCUT2D eigenvalue weighted by molar-refractivity contribution is 7.10. The summed E-state index contributed by atoms with van der Waals surface area (Å²) in [6, 6.07) is 4.22. The van der Waals surface area contributed by atoms with E-state index in [-0.39, 0.29) is 5.91 Å². The molecule has 7 heteroatoms. The highest BCUT2D eigenvalue weighted by atomic mass is 32.1. The molecule has 0 spiro atoms. The molecule has 144 valence electrons. The van der Waals surface area contributed by atoms with Crippen LogP contribution in [0.25, 0.3) is 0 Å². The number of fused-ring (bicyclic) bond motifs is 1. The Bertz CT molecular complexity index is 842. The van der Waals surface area contributed by atoms with E-state index < -0.39 is 11.4 Å². The minimum atomic E-state index is -1.07. The Labute approximate surface area is 163 Å². The zero-order valence-electron chi connectivity index (χ0n) is 16.0. The summed E-state index contributed by atoms with van der Waals surface area (Å²) in [4.78, 5) is 32.2. The molecule has 3 rings (SSSR count). The maximum absolute atomic E-state index is 12.6. The lowest BCUT2D eigenvalue weighted by molar-refractivity contribution is -0.122. The van der Waals surface area contributed by atoms with Crippen molar-refractivity contribution in [3.05, 3.63) is 51.0 Å². The number of pyridine rings is 1. The fourth-order valence-corrected chi connectivity index (χ4v) is 4.23. The van der Waals surface area contributed by atoms with Gasteiger partial charge in [-0.2, -0.15) is 0 Å². The van der Waals surface area contributed by atoms with Gasteiger partial charge in [0.2, 0.25) is 5.91 Å². The highest BCUT2D eigenvalue weighted by Gasteiger charge is 2.30. The SMILES string of the molecule is CCc1ccc(CN2CCc3c(C(=O)NC(C)(C)C(N)=O)csc3C2)nc1. The molecular formula is C20H26N4O2S. The molecule has 0 unspecified atom stereocenters. The van der Waals surface area contributed by atoms with Crippen LogP contribution in [0.2, 0.25) is 0 Å². The van der Waals surface area contributed by atoms with Gasteiger partial charge in [-0.3, -0.25) is 19.5 Å². The molecule has 0 atom stereocenters. The predicted molar refractivity (Wildman–Crippen MR) is 106 cm³/mol. The van der Waals surface area contributed by atoms with Gasteiger partial charge >= 0.3 is 0 Å². The summed E-state index contributed by atoms with van der Waals surface area (Å²) in [5.41, 5.74) is 8.34. The second-order valence-electron chi connectivity index (χ2n) is 7.47. The number of hydrogen-bond donors (Lipinski definition) is 2. The molecule has 2 amide bonds. The number of amides is 2. The van der Waals surface area contributed by atoms with Gasteiger partial charge in [-0.15, -0.1) is 11.3 Å². The van der Waals surface area contributed by atoms with E-state index >= 15 is 0 Å². The van der Waals surface area contributed by atoms with Gasteiger partial charge in [0, 0.05) is 36.1 Å². The third kappa shape index (κ3) is 4.36. The molecule has 0 saturated carbocycles. The number of hydrogen-bond acceptors (Lipinski definition) is 5. The van der Waals surface area contributed by atoms with Gasteiger partial charge in [0.15, 0.2) is 0 Å². The number of primary amides is 1. The smallest absolute Gasteiger partial charge is 0.253 e. The van der Waals surface area contributed by atoms with E-state index in [1.807, 2.05) is 11.6 Å². The standard InChI is InChI=1S/C20H26N4O2S/c1-4-13-5-6-14(22-9-13)10-24-8-7-15-16(12-27-17(15)11-24)18(25)23-20(2,3)19(21)26/h5-6,9,12H,4,7-8,10-11H2,1-3H3,(H2,21,26)(H,23,25). The van der Waals surface area contributed by atoms with Gasteiger partial charge in [0.05, 0.1) is 11.3 Å². The van der Waals surface area contributed by atoms with E-state index in [2.05, 4.69) is 34.3 Å². The Hall–Kier alpha value is -2.25. The zero-order valence-corrected chi connectivity index (χ0v) is 16.9. The monoisotopic (exact) mass is 386 g/mol. The maximum atomic E-state index is 12.6. The largest absolute Gasteiger partial charge is 0.368 e. The minimum Gasteiger partial charge on any atom is -0.368 e. The van der Waals surface area contributed by atoms with Gasteiger partial charge < -0.3 is 11.1 Å². The topological polar surface area (TPSA) is 88.3 Å². The highest BCUT2D eigenvalue weighted by Crippen LogP contribution is 2.29. The fraction of sp³-hybridized carbons (Fsp3) is 0.450. The molecule has 0 aliphatic carbocycles. The normalized spacial score (nSPS) is 14.6. The van der Waals surface area contributed by atoms with Crippen LogP contribution < -0.4 is 11.1 Å². The molecule has 0 radical (unpaired) electrons. The third-order valence-electron chi connectivity index (χ3n) is 4.99. The van der Waals surface area contributed by atoms with Crippen LogP contribution >= 0.6 is 11.3 Å². The lowest BCUT2D eigenvalue weighted by Crippen LogP contribution is -2.53. The molecule has 3 heterocycles. The quantitative estimate of drug-likeness (QED) is 0.797. The van der Waals surface area contributed by atoms with Crippen LogP contribution in [-0.4, -0.2) is 33.8 Å². The van der Waals surface area contributed by atoms with Crippen LogP contribution in [-0.2, 0) is 30.7 Å². The Morgan fingerprint density at radius 1 is 1.37 bits per heavy atom. The average molecular weight is 387 g/mol. The minimum absolute atomic E-state index is 0.235. The van der Waals surface area contributed by atoms with Gasteiger partial charge in [-0.25, -0.2) is 0 Å². The van der Waals surface area contributed by atoms with Gasteiger partial charge in [-0.1, -0.05) is 13.0 Å². The zero-order chi connectivity index (χ0) is 19.6. The van der Waals surface area contributed by atoms with Crippen LogP contribution in [0.5, 0.6) is 0 Å². The fourth-order valence-electron chi connectivity index (χ4n) is 3.11. The first-order chi connectivity index (χ1) is 12.8. The predicted octanol–water partition coefficient (Wildman–Crippen LogP) is 2.26. The van der Waals surface area contributed by atoms with Gasteiger partial charge in [-0.05, 0) is 43.9 Å². The van der Waals surface area contributed by atoms with Crippen molar-refractivity contribution in [1.29, 1.82) is 0 Å². The van der Waals surface area contributed by atoms with E-state index in [0.717, 1.165) is 43.7 Å². The van der Waals surface area contributed by atoms with Crippen molar-refractivity contribution in [3.8, 4) is 0 Å². The molecule has 0 saturated heterocycles. The molecule has 2 aromatic heterocycles. The van der Waals surface area contributed by atoms with Gasteiger partial charge in [0.25, 0.3) is 5.91 Å². The number of nitrogens with one attached hydrogen (secondary N) is 1.